The molecule has 0 saturated carbocycles. The molecule has 0 bridgehead atoms. The van der Waals surface area contributed by atoms with Gasteiger partial charge >= 0.3 is 0 Å². The van der Waals surface area contributed by atoms with E-state index in [4.69, 9.17) is 0 Å². The number of aromatic amines is 1. The molecule has 1 aromatic heterocycles. The van der Waals surface area contributed by atoms with Gasteiger partial charge < -0.3 is 10.3 Å². The number of hydrogen-bond acceptors (Lipinski definition) is 1. The standard InChI is InChI=1S/C16H16N2/c1-2-5-13(6-3-1)11-17-12-14-7-4-8-16-15(14)9-10-18-16/h1-10,17-18H,11-12H2. The van der Waals surface area contributed by atoms with E-state index in [0.717, 1.165) is 13.1 Å². The highest BCUT2D eigenvalue weighted by molar-refractivity contribution is 5.82. The fourth-order valence-electron chi connectivity index (χ4n) is 2.24. The molecule has 3 rings (SSSR count). The topological polar surface area (TPSA) is 27.8 Å². The third-order valence-corrected chi connectivity index (χ3v) is 3.17. The minimum absolute atomic E-state index is 0.893. The van der Waals surface area contributed by atoms with Crippen LogP contribution in [0.1, 0.15) is 11.1 Å². The highest BCUT2D eigenvalue weighted by Crippen LogP contribution is 2.17. The van der Waals surface area contributed by atoms with Crippen molar-refractivity contribution in [3.63, 3.8) is 0 Å². The average Bonchev–Trinajstić information content (AvgIpc) is 2.89. The van der Waals surface area contributed by atoms with Crippen LogP contribution >= 0.6 is 0 Å². The van der Waals surface area contributed by atoms with Gasteiger partial charge in [0.15, 0.2) is 0 Å². The molecule has 0 spiro atoms. The minimum Gasteiger partial charge on any atom is -0.361 e. The molecule has 0 aliphatic heterocycles. The van der Waals surface area contributed by atoms with E-state index in [2.05, 4.69) is 58.8 Å². The Labute approximate surface area is 107 Å². The monoisotopic (exact) mass is 236 g/mol. The van der Waals surface area contributed by atoms with Crippen LogP contribution in [0, 0.1) is 0 Å². The van der Waals surface area contributed by atoms with Crippen molar-refractivity contribution in [2.24, 2.45) is 0 Å². The molecule has 90 valence electrons. The van der Waals surface area contributed by atoms with Crippen LogP contribution < -0.4 is 5.32 Å². The van der Waals surface area contributed by atoms with Gasteiger partial charge in [0.25, 0.3) is 0 Å². The summed E-state index contributed by atoms with van der Waals surface area (Å²) >= 11 is 0. The summed E-state index contributed by atoms with van der Waals surface area (Å²) in [5.74, 6) is 0. The van der Waals surface area contributed by atoms with Crippen molar-refractivity contribution in [3.8, 4) is 0 Å². The highest BCUT2D eigenvalue weighted by atomic mass is 14.8. The fourth-order valence-corrected chi connectivity index (χ4v) is 2.24. The number of rotatable bonds is 4. The first-order valence-corrected chi connectivity index (χ1v) is 6.23. The van der Waals surface area contributed by atoms with E-state index in [1.165, 1.54) is 22.0 Å². The van der Waals surface area contributed by atoms with Crippen molar-refractivity contribution in [2.45, 2.75) is 13.1 Å². The second-order valence-electron chi connectivity index (χ2n) is 4.45. The molecule has 2 heteroatoms. The molecular formula is C16H16N2. The van der Waals surface area contributed by atoms with Crippen LogP contribution in [0.25, 0.3) is 10.9 Å². The molecule has 0 radical (unpaired) electrons. The zero-order chi connectivity index (χ0) is 12.2. The second kappa shape index (κ2) is 5.07. The molecule has 3 aromatic rings. The third-order valence-electron chi connectivity index (χ3n) is 3.17. The summed E-state index contributed by atoms with van der Waals surface area (Å²) in [7, 11) is 0. The SMILES string of the molecule is c1ccc(CNCc2cccc3[nH]ccc23)cc1. The Morgan fingerprint density at radius 2 is 1.72 bits per heavy atom. The normalized spacial score (nSPS) is 10.9. The number of benzene rings is 2. The largest absolute Gasteiger partial charge is 0.361 e. The van der Waals surface area contributed by atoms with E-state index >= 15 is 0 Å². The van der Waals surface area contributed by atoms with Crippen molar-refractivity contribution in [2.75, 3.05) is 0 Å². The zero-order valence-electron chi connectivity index (χ0n) is 10.2. The predicted molar refractivity (Wildman–Crippen MR) is 75.3 cm³/mol. The quantitative estimate of drug-likeness (QED) is 0.713. The molecule has 0 aliphatic rings. The number of H-pyrrole nitrogens is 1. The number of hydrogen-bond donors (Lipinski definition) is 2. The summed E-state index contributed by atoms with van der Waals surface area (Å²) in [6, 6.07) is 19.0. The molecule has 0 atom stereocenters. The molecular weight excluding hydrogens is 220 g/mol. The van der Waals surface area contributed by atoms with Crippen molar-refractivity contribution < 1.29 is 0 Å². The molecule has 0 saturated heterocycles. The van der Waals surface area contributed by atoms with Gasteiger partial charge in [0.1, 0.15) is 0 Å². The third kappa shape index (κ3) is 2.29. The van der Waals surface area contributed by atoms with E-state index in [-0.39, 0.29) is 0 Å². The summed E-state index contributed by atoms with van der Waals surface area (Å²) in [6.45, 7) is 1.80. The summed E-state index contributed by atoms with van der Waals surface area (Å²) in [5.41, 5.74) is 3.86. The van der Waals surface area contributed by atoms with Gasteiger partial charge in [-0.1, -0.05) is 42.5 Å². The average molecular weight is 236 g/mol. The molecule has 2 aromatic carbocycles. The number of aromatic nitrogens is 1. The van der Waals surface area contributed by atoms with Gasteiger partial charge in [0, 0.05) is 30.2 Å². The van der Waals surface area contributed by atoms with E-state index in [1.807, 2.05) is 12.3 Å². The molecule has 0 fully saturated rings. The van der Waals surface area contributed by atoms with E-state index < -0.39 is 0 Å². The van der Waals surface area contributed by atoms with E-state index in [1.54, 1.807) is 0 Å². The summed E-state index contributed by atoms with van der Waals surface area (Å²) < 4.78 is 0. The van der Waals surface area contributed by atoms with Crippen LogP contribution in [0.15, 0.2) is 60.8 Å². The Hall–Kier alpha value is -2.06. The van der Waals surface area contributed by atoms with E-state index in [0.29, 0.717) is 0 Å². The number of nitrogens with one attached hydrogen (secondary N) is 2. The smallest absolute Gasteiger partial charge is 0.0457 e. The maximum absolute atomic E-state index is 3.49. The van der Waals surface area contributed by atoms with Gasteiger partial charge in [-0.05, 0) is 23.3 Å². The molecule has 18 heavy (non-hydrogen) atoms. The Morgan fingerprint density at radius 3 is 2.61 bits per heavy atom. The van der Waals surface area contributed by atoms with Crippen LogP contribution in [-0.4, -0.2) is 4.98 Å². The van der Waals surface area contributed by atoms with Crippen molar-refractivity contribution in [3.05, 3.63) is 71.9 Å². The lowest BCUT2D eigenvalue weighted by molar-refractivity contribution is 0.696. The molecule has 0 unspecified atom stereocenters. The Kier molecular flexibility index (Phi) is 3.11. The van der Waals surface area contributed by atoms with Crippen LogP contribution in [0.4, 0.5) is 0 Å². The van der Waals surface area contributed by atoms with Crippen molar-refractivity contribution >= 4 is 10.9 Å². The first-order valence-electron chi connectivity index (χ1n) is 6.23. The first-order chi connectivity index (χ1) is 8.93. The molecule has 2 N–H and O–H groups in total. The minimum atomic E-state index is 0.893. The van der Waals surface area contributed by atoms with Gasteiger partial charge in [-0.2, -0.15) is 0 Å². The maximum atomic E-state index is 3.49. The summed E-state index contributed by atoms with van der Waals surface area (Å²) in [5, 5.41) is 4.79. The lowest BCUT2D eigenvalue weighted by atomic mass is 10.1. The summed E-state index contributed by atoms with van der Waals surface area (Å²) in [4.78, 5) is 3.24. The van der Waals surface area contributed by atoms with Crippen LogP contribution in [0.2, 0.25) is 0 Å². The Bertz CT molecular complexity index is 626. The zero-order valence-corrected chi connectivity index (χ0v) is 10.2. The Morgan fingerprint density at radius 1 is 0.833 bits per heavy atom. The first kappa shape index (κ1) is 11.1. The van der Waals surface area contributed by atoms with Crippen molar-refractivity contribution in [1.82, 2.24) is 10.3 Å². The lowest BCUT2D eigenvalue weighted by Crippen LogP contribution is -2.12. The van der Waals surface area contributed by atoms with Gasteiger partial charge in [-0.25, -0.2) is 0 Å². The van der Waals surface area contributed by atoms with Gasteiger partial charge in [0.2, 0.25) is 0 Å². The molecule has 1 heterocycles. The van der Waals surface area contributed by atoms with Gasteiger partial charge in [-0.15, -0.1) is 0 Å². The van der Waals surface area contributed by atoms with E-state index in [9.17, 15) is 0 Å². The molecule has 2 nitrogen and oxygen atoms in total. The number of fused-ring (bicyclic) bond motifs is 1. The van der Waals surface area contributed by atoms with Crippen LogP contribution in [-0.2, 0) is 13.1 Å². The summed E-state index contributed by atoms with van der Waals surface area (Å²) in [6.07, 6.45) is 1.99. The maximum Gasteiger partial charge on any atom is 0.0457 e. The second-order valence-corrected chi connectivity index (χ2v) is 4.45. The van der Waals surface area contributed by atoms with Crippen molar-refractivity contribution in [1.29, 1.82) is 0 Å². The lowest BCUT2D eigenvalue weighted by Gasteiger charge is -2.06. The van der Waals surface area contributed by atoms with Gasteiger partial charge in [0.05, 0.1) is 0 Å². The molecule has 0 amide bonds. The Balaban J connectivity index is 1.68. The predicted octanol–water partition coefficient (Wildman–Crippen LogP) is 3.46. The fraction of sp³-hybridized carbons (Fsp3) is 0.125. The molecule has 0 aliphatic carbocycles. The van der Waals surface area contributed by atoms with Crippen LogP contribution in [0.3, 0.4) is 0 Å². The van der Waals surface area contributed by atoms with Gasteiger partial charge in [-0.3, -0.25) is 0 Å². The highest BCUT2D eigenvalue weighted by Gasteiger charge is 2.00. The van der Waals surface area contributed by atoms with Crippen LogP contribution in [0.5, 0.6) is 0 Å².